The molecule has 0 unspecified atom stereocenters. The summed E-state index contributed by atoms with van der Waals surface area (Å²) < 4.78 is 5.41. The van der Waals surface area contributed by atoms with Gasteiger partial charge in [-0.05, 0) is 82.2 Å². The second kappa shape index (κ2) is 11.7. The molecule has 0 radical (unpaired) electrons. The number of hydrazine groups is 1. The van der Waals surface area contributed by atoms with Gasteiger partial charge in [-0.25, -0.2) is 9.80 Å². The normalized spacial score (nSPS) is 20.1. The first-order chi connectivity index (χ1) is 23.3. The Bertz CT molecular complexity index is 2010. The van der Waals surface area contributed by atoms with Crippen LogP contribution in [0.5, 0.6) is 5.75 Å². The second-order valence-corrected chi connectivity index (χ2v) is 13.3. The number of hydrogen-bond donors (Lipinski definition) is 0. The number of benzene rings is 4. The fourth-order valence-electron chi connectivity index (χ4n) is 7.36. The largest absolute Gasteiger partial charge is 0.422 e. The van der Waals surface area contributed by atoms with Crippen LogP contribution >= 0.6 is 22.9 Å². The van der Waals surface area contributed by atoms with Crippen molar-refractivity contribution < 1.29 is 28.7 Å². The molecule has 3 amide bonds. The maximum Gasteiger partial charge on any atom is 0.353 e. The van der Waals surface area contributed by atoms with Crippen molar-refractivity contribution in [1.29, 1.82) is 0 Å². The molecule has 10 heteroatoms. The number of halogens is 1. The molecular weight excluding hydrogens is 648 g/mol. The van der Waals surface area contributed by atoms with Crippen molar-refractivity contribution in [1.82, 2.24) is 10.0 Å². The van der Waals surface area contributed by atoms with Crippen LogP contribution in [-0.2, 0) is 9.59 Å². The molecule has 1 fully saturated rings. The second-order valence-electron chi connectivity index (χ2n) is 11.9. The van der Waals surface area contributed by atoms with Crippen LogP contribution in [0.25, 0.3) is 0 Å². The summed E-state index contributed by atoms with van der Waals surface area (Å²) in [5.74, 6) is -4.74. The molecule has 8 nitrogen and oxygen atoms in total. The molecule has 2 atom stereocenters. The molecule has 236 valence electrons. The third-order valence-corrected chi connectivity index (χ3v) is 10.5. The van der Waals surface area contributed by atoms with Gasteiger partial charge in [0.05, 0.1) is 11.8 Å². The number of ether oxygens (including phenoxy) is 1. The van der Waals surface area contributed by atoms with Crippen molar-refractivity contribution in [2.75, 3.05) is 6.54 Å². The minimum absolute atomic E-state index is 0.160. The first-order valence-corrected chi connectivity index (χ1v) is 16.6. The number of rotatable bonds is 7. The molecule has 1 aromatic heterocycles. The van der Waals surface area contributed by atoms with Crippen LogP contribution < -0.4 is 4.74 Å². The lowest BCUT2D eigenvalue weighted by atomic mass is 9.55. The Morgan fingerprint density at radius 2 is 1.21 bits per heavy atom. The van der Waals surface area contributed by atoms with E-state index in [0.29, 0.717) is 9.90 Å². The number of imide groups is 1. The van der Waals surface area contributed by atoms with Crippen molar-refractivity contribution in [2.24, 2.45) is 11.8 Å². The smallest absolute Gasteiger partial charge is 0.353 e. The van der Waals surface area contributed by atoms with Crippen molar-refractivity contribution in [3.8, 4) is 5.75 Å². The molecule has 0 N–H and O–H groups in total. The highest BCUT2D eigenvalue weighted by molar-refractivity contribution is 7.12. The molecule has 48 heavy (non-hydrogen) atoms. The van der Waals surface area contributed by atoms with Crippen LogP contribution in [0.15, 0.2) is 115 Å². The van der Waals surface area contributed by atoms with Gasteiger partial charge < -0.3 is 4.74 Å². The molecule has 1 saturated heterocycles. The van der Waals surface area contributed by atoms with Gasteiger partial charge in [0.25, 0.3) is 17.7 Å². The molecule has 0 saturated carbocycles. The van der Waals surface area contributed by atoms with E-state index in [9.17, 15) is 24.0 Å². The standard InChI is InChI=1S/C38H25ClN2O6S/c39-23-15-11-22(12-16-23)35(43)40(20-29(42)21-13-17-24(18-14-21)47-38(46)30-10-5-19-48-30)41-36(44)33-31-25-6-1-2-7-26(25)32(34(33)37(41)45)28-9-4-3-8-27(28)31/h1-19,31-34H,20H2/t31?,32?,33-,34-/m0/s1. The number of nitrogens with zero attached hydrogens (tertiary/aromatic N) is 2. The number of carbonyl (C=O) groups is 5. The molecule has 2 bridgehead atoms. The van der Waals surface area contributed by atoms with E-state index >= 15 is 0 Å². The van der Waals surface area contributed by atoms with Gasteiger partial charge in [-0.2, -0.15) is 5.01 Å². The average molecular weight is 673 g/mol. The van der Waals surface area contributed by atoms with E-state index in [1.165, 1.54) is 59.9 Å². The van der Waals surface area contributed by atoms with Gasteiger partial charge in [-0.3, -0.25) is 19.2 Å². The van der Waals surface area contributed by atoms with E-state index in [0.717, 1.165) is 32.3 Å². The zero-order valence-electron chi connectivity index (χ0n) is 25.1. The summed E-state index contributed by atoms with van der Waals surface area (Å²) in [6, 6.07) is 31.1. The minimum Gasteiger partial charge on any atom is -0.422 e. The summed E-state index contributed by atoms with van der Waals surface area (Å²) in [5, 5.41) is 4.04. The number of ketones is 1. The van der Waals surface area contributed by atoms with Gasteiger partial charge in [0.1, 0.15) is 17.2 Å². The number of Topliss-reactive ketones (excluding diaryl/α,β-unsaturated/α-hetero) is 1. The maximum absolute atomic E-state index is 14.5. The van der Waals surface area contributed by atoms with Crippen molar-refractivity contribution >= 4 is 52.4 Å². The molecule has 1 aliphatic heterocycles. The fourth-order valence-corrected chi connectivity index (χ4v) is 8.09. The Morgan fingerprint density at radius 1 is 0.688 bits per heavy atom. The lowest BCUT2D eigenvalue weighted by Gasteiger charge is -2.45. The van der Waals surface area contributed by atoms with Gasteiger partial charge in [0.15, 0.2) is 5.78 Å². The highest BCUT2D eigenvalue weighted by atomic mass is 35.5. The Labute approximate surface area is 284 Å². The quantitative estimate of drug-likeness (QED) is 0.0821. The van der Waals surface area contributed by atoms with E-state index in [2.05, 4.69) is 0 Å². The van der Waals surface area contributed by atoms with Gasteiger partial charge >= 0.3 is 5.97 Å². The van der Waals surface area contributed by atoms with Crippen molar-refractivity contribution in [3.63, 3.8) is 0 Å². The Balaban J connectivity index is 1.13. The number of thiophene rings is 1. The molecule has 5 aromatic rings. The lowest BCUT2D eigenvalue weighted by molar-refractivity contribution is -0.154. The topological polar surface area (TPSA) is 101 Å². The summed E-state index contributed by atoms with van der Waals surface area (Å²) in [7, 11) is 0. The summed E-state index contributed by atoms with van der Waals surface area (Å²) in [5.41, 5.74) is 4.35. The van der Waals surface area contributed by atoms with E-state index in [4.69, 9.17) is 16.3 Å². The summed E-state index contributed by atoms with van der Waals surface area (Å²) >= 11 is 7.34. The van der Waals surface area contributed by atoms with Crippen LogP contribution in [0, 0.1) is 11.8 Å². The fraction of sp³-hybridized carbons (Fsp3) is 0.132. The molecular formula is C38H25ClN2O6S. The lowest BCUT2D eigenvalue weighted by Crippen LogP contribution is -2.52. The van der Waals surface area contributed by atoms with Crippen LogP contribution in [0.2, 0.25) is 5.02 Å². The average Bonchev–Trinajstić information content (AvgIpc) is 3.75. The maximum atomic E-state index is 14.5. The van der Waals surface area contributed by atoms with Crippen LogP contribution in [0.3, 0.4) is 0 Å². The molecule has 9 rings (SSSR count). The van der Waals surface area contributed by atoms with Crippen molar-refractivity contribution in [2.45, 2.75) is 11.8 Å². The molecule has 2 heterocycles. The number of carbonyl (C=O) groups excluding carboxylic acids is 5. The van der Waals surface area contributed by atoms with Crippen LogP contribution in [-0.4, -0.2) is 46.0 Å². The first kappa shape index (κ1) is 30.0. The van der Waals surface area contributed by atoms with Gasteiger partial charge in [-0.1, -0.05) is 66.2 Å². The van der Waals surface area contributed by atoms with Crippen LogP contribution in [0.4, 0.5) is 0 Å². The van der Waals surface area contributed by atoms with E-state index < -0.39 is 47.9 Å². The summed E-state index contributed by atoms with van der Waals surface area (Å²) in [4.78, 5) is 69.7. The monoisotopic (exact) mass is 672 g/mol. The third-order valence-electron chi connectivity index (χ3n) is 9.39. The van der Waals surface area contributed by atoms with E-state index in [1.54, 1.807) is 17.5 Å². The number of hydrogen-bond acceptors (Lipinski definition) is 7. The van der Waals surface area contributed by atoms with Crippen LogP contribution in [0.1, 0.15) is 64.5 Å². The SMILES string of the molecule is O=C(CN(C(=O)c1ccc(Cl)cc1)N1C(=O)[C@H]2C3c4ccccc4C(c4ccccc43)[C@@H]2C1=O)c1ccc(OC(=O)c2cccs2)cc1. The Kier molecular flexibility index (Phi) is 7.31. The molecule has 4 aliphatic rings. The predicted molar refractivity (Wildman–Crippen MR) is 178 cm³/mol. The van der Waals surface area contributed by atoms with Gasteiger partial charge in [-0.15, -0.1) is 11.3 Å². The van der Waals surface area contributed by atoms with Crippen molar-refractivity contribution in [3.05, 3.63) is 158 Å². The van der Waals surface area contributed by atoms with E-state index in [-0.39, 0.29) is 28.7 Å². The molecule has 0 spiro atoms. The summed E-state index contributed by atoms with van der Waals surface area (Å²) in [6.07, 6.45) is 0. The van der Waals surface area contributed by atoms with Gasteiger partial charge in [0, 0.05) is 28.0 Å². The Morgan fingerprint density at radius 3 is 1.71 bits per heavy atom. The molecule has 4 aromatic carbocycles. The van der Waals surface area contributed by atoms with Gasteiger partial charge in [0.2, 0.25) is 0 Å². The number of amides is 3. The highest BCUT2D eigenvalue weighted by Gasteiger charge is 2.63. The highest BCUT2D eigenvalue weighted by Crippen LogP contribution is 2.61. The third kappa shape index (κ3) is 4.77. The zero-order valence-corrected chi connectivity index (χ0v) is 26.7. The number of esters is 1. The zero-order chi connectivity index (χ0) is 33.1. The first-order valence-electron chi connectivity index (χ1n) is 15.3. The Hall–Kier alpha value is -5.38. The minimum atomic E-state index is -0.736. The predicted octanol–water partition coefficient (Wildman–Crippen LogP) is 6.75. The van der Waals surface area contributed by atoms with E-state index in [1.807, 2.05) is 48.5 Å². The summed E-state index contributed by atoms with van der Waals surface area (Å²) in [6.45, 7) is -0.581. The molecule has 3 aliphatic carbocycles.